The van der Waals surface area contributed by atoms with Gasteiger partial charge in [0.2, 0.25) is 0 Å². The molecule has 0 amide bonds. The lowest BCUT2D eigenvalue weighted by Gasteiger charge is -2.33. The summed E-state index contributed by atoms with van der Waals surface area (Å²) >= 11 is 7.84. The van der Waals surface area contributed by atoms with Crippen molar-refractivity contribution in [2.75, 3.05) is 12.4 Å². The zero-order valence-corrected chi connectivity index (χ0v) is 11.6. The molecule has 1 fully saturated rings. The van der Waals surface area contributed by atoms with Crippen LogP contribution in [0.15, 0.2) is 0 Å². The summed E-state index contributed by atoms with van der Waals surface area (Å²) in [4.78, 5) is 8.44. The van der Waals surface area contributed by atoms with E-state index in [1.165, 1.54) is 41.4 Å². The van der Waals surface area contributed by atoms with Crippen molar-refractivity contribution >= 4 is 22.9 Å². The van der Waals surface area contributed by atoms with Gasteiger partial charge in [0.15, 0.2) is 0 Å². The maximum atomic E-state index is 6.02. The van der Waals surface area contributed by atoms with Gasteiger partial charge in [0.25, 0.3) is 0 Å². The topological polar surface area (TPSA) is 16.1 Å². The first-order valence-electron chi connectivity index (χ1n) is 5.93. The fourth-order valence-corrected chi connectivity index (χ4v) is 3.53. The molecule has 0 aromatic carbocycles. The summed E-state index contributed by atoms with van der Waals surface area (Å²) in [5.41, 5.74) is 1.18. The van der Waals surface area contributed by atoms with Gasteiger partial charge >= 0.3 is 0 Å². The number of halogens is 1. The number of hydrogen-bond acceptors (Lipinski definition) is 3. The lowest BCUT2D eigenvalue weighted by atomic mass is 10.0. The van der Waals surface area contributed by atoms with E-state index in [0.717, 1.165) is 12.4 Å². The van der Waals surface area contributed by atoms with Crippen LogP contribution in [-0.4, -0.2) is 28.4 Å². The Morgan fingerprint density at radius 1 is 1.44 bits per heavy atom. The summed E-state index contributed by atoms with van der Waals surface area (Å²) in [6.07, 6.45) is 3.87. The second-order valence-corrected chi connectivity index (χ2v) is 6.12. The van der Waals surface area contributed by atoms with E-state index < -0.39 is 0 Å². The Kier molecular flexibility index (Phi) is 4.22. The standard InChI is InChI=1S/C12H19ClN2S/c1-9-10(2)16-12(14-9)8-15-6-4-3-5-11(15)7-13/h11H,3-8H2,1-2H3. The predicted octanol–water partition coefficient (Wildman–Crippen LogP) is 3.35. The van der Waals surface area contributed by atoms with Crippen LogP contribution in [-0.2, 0) is 6.54 Å². The first-order valence-corrected chi connectivity index (χ1v) is 7.28. The lowest BCUT2D eigenvalue weighted by molar-refractivity contribution is 0.154. The van der Waals surface area contributed by atoms with Crippen molar-refractivity contribution in [3.8, 4) is 0 Å². The number of likely N-dealkylation sites (tertiary alicyclic amines) is 1. The van der Waals surface area contributed by atoms with Crippen LogP contribution in [0, 0.1) is 13.8 Å². The fraction of sp³-hybridized carbons (Fsp3) is 0.750. The molecule has 1 aromatic rings. The van der Waals surface area contributed by atoms with E-state index >= 15 is 0 Å². The van der Waals surface area contributed by atoms with Crippen molar-refractivity contribution in [1.82, 2.24) is 9.88 Å². The minimum atomic E-state index is 0.555. The van der Waals surface area contributed by atoms with E-state index in [9.17, 15) is 0 Å². The largest absolute Gasteiger partial charge is 0.293 e. The molecular formula is C12H19ClN2S. The van der Waals surface area contributed by atoms with Crippen LogP contribution in [0.4, 0.5) is 0 Å². The molecule has 1 aliphatic rings. The number of aryl methyl sites for hydroxylation is 2. The quantitative estimate of drug-likeness (QED) is 0.773. The Morgan fingerprint density at radius 2 is 2.25 bits per heavy atom. The van der Waals surface area contributed by atoms with Crippen LogP contribution in [0.5, 0.6) is 0 Å². The first kappa shape index (κ1) is 12.3. The highest BCUT2D eigenvalue weighted by atomic mass is 35.5. The molecule has 2 rings (SSSR count). The third-order valence-electron chi connectivity index (χ3n) is 3.34. The minimum Gasteiger partial charge on any atom is -0.293 e. The van der Waals surface area contributed by atoms with Crippen molar-refractivity contribution in [3.05, 3.63) is 15.6 Å². The highest BCUT2D eigenvalue weighted by molar-refractivity contribution is 7.11. The average molecular weight is 259 g/mol. The monoisotopic (exact) mass is 258 g/mol. The maximum Gasteiger partial charge on any atom is 0.107 e. The summed E-state index contributed by atoms with van der Waals surface area (Å²) in [5, 5.41) is 1.24. The van der Waals surface area contributed by atoms with Gasteiger partial charge in [0, 0.05) is 16.8 Å². The van der Waals surface area contributed by atoms with E-state index in [4.69, 9.17) is 11.6 Å². The van der Waals surface area contributed by atoms with E-state index in [2.05, 4.69) is 23.7 Å². The van der Waals surface area contributed by atoms with Gasteiger partial charge in [-0.25, -0.2) is 4.98 Å². The van der Waals surface area contributed by atoms with Gasteiger partial charge < -0.3 is 0 Å². The number of thiazole rings is 1. The van der Waals surface area contributed by atoms with Crippen LogP contribution in [0.25, 0.3) is 0 Å². The molecular weight excluding hydrogens is 240 g/mol. The van der Waals surface area contributed by atoms with Gasteiger partial charge in [-0.3, -0.25) is 4.90 Å². The van der Waals surface area contributed by atoms with Crippen LogP contribution in [0.3, 0.4) is 0 Å². The highest BCUT2D eigenvalue weighted by Gasteiger charge is 2.22. The third-order valence-corrected chi connectivity index (χ3v) is 4.75. The van der Waals surface area contributed by atoms with Crippen LogP contribution in [0.2, 0.25) is 0 Å². The maximum absolute atomic E-state index is 6.02. The Balaban J connectivity index is 2.02. The smallest absolute Gasteiger partial charge is 0.107 e. The van der Waals surface area contributed by atoms with E-state index in [0.29, 0.717) is 6.04 Å². The average Bonchev–Trinajstić information content (AvgIpc) is 2.59. The second-order valence-electron chi connectivity index (χ2n) is 4.52. The number of nitrogens with zero attached hydrogens (tertiary/aromatic N) is 2. The number of aromatic nitrogens is 1. The number of alkyl halides is 1. The molecule has 0 saturated carbocycles. The molecule has 0 bridgehead atoms. The van der Waals surface area contributed by atoms with Crippen molar-refractivity contribution < 1.29 is 0 Å². The van der Waals surface area contributed by atoms with Gasteiger partial charge in [0.05, 0.1) is 12.2 Å². The molecule has 2 nitrogen and oxygen atoms in total. The number of piperidine rings is 1. The van der Waals surface area contributed by atoms with Crippen LogP contribution < -0.4 is 0 Å². The Morgan fingerprint density at radius 3 is 2.88 bits per heavy atom. The van der Waals surface area contributed by atoms with E-state index in [-0.39, 0.29) is 0 Å². The van der Waals surface area contributed by atoms with E-state index in [1.54, 1.807) is 0 Å². The summed E-state index contributed by atoms with van der Waals surface area (Å²) in [6, 6.07) is 0.555. The summed E-state index contributed by atoms with van der Waals surface area (Å²) in [7, 11) is 0. The lowest BCUT2D eigenvalue weighted by Crippen LogP contribution is -2.40. The molecule has 0 N–H and O–H groups in total. The Hall–Kier alpha value is -0.120. The normalized spacial score (nSPS) is 22.6. The number of hydrogen-bond donors (Lipinski definition) is 0. The molecule has 1 atom stereocenters. The molecule has 1 unspecified atom stereocenters. The van der Waals surface area contributed by atoms with Crippen molar-refractivity contribution in [1.29, 1.82) is 0 Å². The molecule has 0 aliphatic carbocycles. The van der Waals surface area contributed by atoms with Gasteiger partial charge in [-0.2, -0.15) is 0 Å². The van der Waals surface area contributed by atoms with E-state index in [1.807, 2.05) is 11.3 Å². The van der Waals surface area contributed by atoms with Crippen molar-refractivity contribution in [2.45, 2.75) is 45.7 Å². The molecule has 16 heavy (non-hydrogen) atoms. The van der Waals surface area contributed by atoms with Gasteiger partial charge in [-0.05, 0) is 33.2 Å². The van der Waals surface area contributed by atoms with Crippen LogP contribution in [0.1, 0.15) is 34.8 Å². The Bertz CT molecular complexity index is 331. The third kappa shape index (κ3) is 2.76. The second kappa shape index (κ2) is 5.48. The first-order chi connectivity index (χ1) is 7.70. The fourth-order valence-electron chi connectivity index (χ4n) is 2.22. The molecule has 90 valence electrons. The molecule has 4 heteroatoms. The van der Waals surface area contributed by atoms with Gasteiger partial charge in [-0.1, -0.05) is 6.42 Å². The Labute approximate surface area is 107 Å². The minimum absolute atomic E-state index is 0.555. The molecule has 1 aliphatic heterocycles. The van der Waals surface area contributed by atoms with Crippen molar-refractivity contribution in [3.63, 3.8) is 0 Å². The summed E-state index contributed by atoms with van der Waals surface area (Å²) < 4.78 is 0. The summed E-state index contributed by atoms with van der Waals surface area (Å²) in [6.45, 7) is 6.39. The predicted molar refractivity (Wildman–Crippen MR) is 70.4 cm³/mol. The zero-order valence-electron chi connectivity index (χ0n) is 10.0. The van der Waals surface area contributed by atoms with Gasteiger partial charge in [0.1, 0.15) is 5.01 Å². The summed E-state index contributed by atoms with van der Waals surface area (Å²) in [5.74, 6) is 0.753. The molecule has 0 radical (unpaired) electrons. The van der Waals surface area contributed by atoms with Crippen molar-refractivity contribution in [2.24, 2.45) is 0 Å². The zero-order chi connectivity index (χ0) is 11.5. The van der Waals surface area contributed by atoms with Crippen LogP contribution >= 0.6 is 22.9 Å². The molecule has 1 saturated heterocycles. The molecule has 2 heterocycles. The van der Waals surface area contributed by atoms with Gasteiger partial charge in [-0.15, -0.1) is 22.9 Å². The molecule has 0 spiro atoms. The highest BCUT2D eigenvalue weighted by Crippen LogP contribution is 2.23. The SMILES string of the molecule is Cc1nc(CN2CCCCC2CCl)sc1C. The number of rotatable bonds is 3. The molecule has 1 aromatic heterocycles.